The molecule has 0 bridgehead atoms. The Balaban J connectivity index is 1.21. The monoisotopic (exact) mass is 628 g/mol. The third-order valence-corrected chi connectivity index (χ3v) is 9.60. The fourth-order valence-corrected chi connectivity index (χ4v) is 7.52. The molecule has 0 radical (unpaired) electrons. The Hall–Kier alpha value is -6.52. The van der Waals surface area contributed by atoms with Crippen LogP contribution in [0.3, 0.4) is 0 Å². The van der Waals surface area contributed by atoms with Gasteiger partial charge in [-0.25, -0.2) is 0 Å². The van der Waals surface area contributed by atoms with Gasteiger partial charge in [-0.1, -0.05) is 146 Å². The Morgan fingerprint density at radius 1 is 0.347 bits per heavy atom. The van der Waals surface area contributed by atoms with Crippen molar-refractivity contribution in [1.29, 1.82) is 0 Å². The summed E-state index contributed by atoms with van der Waals surface area (Å²) in [6.45, 7) is 0. The molecule has 0 N–H and O–H groups in total. The first kappa shape index (κ1) is 28.7. The molecular weight excluding hydrogens is 597 g/mol. The van der Waals surface area contributed by atoms with Gasteiger partial charge in [-0.3, -0.25) is 4.57 Å². The van der Waals surface area contributed by atoms with E-state index in [0.29, 0.717) is 0 Å². The Morgan fingerprint density at radius 2 is 0.755 bits per heavy atom. The van der Waals surface area contributed by atoms with E-state index in [1.165, 1.54) is 22.3 Å². The van der Waals surface area contributed by atoms with Gasteiger partial charge in [-0.2, -0.15) is 0 Å². The highest BCUT2D eigenvalue weighted by Gasteiger charge is 2.46. The third-order valence-electron chi connectivity index (χ3n) is 9.60. The minimum Gasteiger partial charge on any atom is -0.310 e. The normalized spacial score (nSPS) is 13.0. The summed E-state index contributed by atoms with van der Waals surface area (Å²) in [5.74, 6) is 1.60. The molecule has 0 fully saturated rings. The summed E-state index contributed by atoms with van der Waals surface area (Å²) < 4.78 is 2.14. The molecule has 8 aromatic rings. The minimum atomic E-state index is -0.494. The Labute approximate surface area is 286 Å². The number of benzene rings is 7. The molecule has 2 heterocycles. The van der Waals surface area contributed by atoms with Crippen molar-refractivity contribution in [2.45, 2.75) is 5.41 Å². The molecule has 0 unspecified atom stereocenters. The molecule has 4 heteroatoms. The van der Waals surface area contributed by atoms with Crippen LogP contribution in [-0.2, 0) is 5.41 Å². The van der Waals surface area contributed by atoms with Gasteiger partial charge in [-0.05, 0) is 70.8 Å². The topological polar surface area (TPSA) is 34.0 Å². The number of aromatic nitrogens is 3. The van der Waals surface area contributed by atoms with Crippen molar-refractivity contribution in [3.8, 4) is 28.5 Å². The number of fused-ring (bicyclic) bond motifs is 2. The first-order chi connectivity index (χ1) is 24.3. The number of hydrogen-bond donors (Lipinski definition) is 0. The van der Waals surface area contributed by atoms with E-state index >= 15 is 0 Å². The van der Waals surface area contributed by atoms with Gasteiger partial charge in [0.15, 0.2) is 11.6 Å². The van der Waals surface area contributed by atoms with E-state index in [2.05, 4.69) is 172 Å². The number of rotatable bonds is 6. The van der Waals surface area contributed by atoms with E-state index in [1.54, 1.807) is 0 Å². The quantitative estimate of drug-likeness (QED) is 0.184. The number of hydrogen-bond acceptors (Lipinski definition) is 3. The Morgan fingerprint density at radius 3 is 1.27 bits per heavy atom. The smallest absolute Gasteiger partial charge is 0.168 e. The van der Waals surface area contributed by atoms with Crippen molar-refractivity contribution in [3.05, 3.63) is 216 Å². The van der Waals surface area contributed by atoms with Gasteiger partial charge < -0.3 is 4.90 Å². The zero-order chi connectivity index (χ0) is 32.6. The molecule has 49 heavy (non-hydrogen) atoms. The van der Waals surface area contributed by atoms with Gasteiger partial charge in [-0.15, -0.1) is 10.2 Å². The molecule has 0 atom stereocenters. The van der Waals surface area contributed by atoms with Crippen molar-refractivity contribution in [1.82, 2.24) is 14.8 Å². The second-order valence-corrected chi connectivity index (χ2v) is 12.3. The maximum Gasteiger partial charge on any atom is 0.168 e. The van der Waals surface area contributed by atoms with Crippen molar-refractivity contribution < 1.29 is 0 Å². The van der Waals surface area contributed by atoms with Crippen LogP contribution in [0.2, 0.25) is 0 Å². The molecule has 0 aliphatic carbocycles. The van der Waals surface area contributed by atoms with Crippen molar-refractivity contribution in [2.24, 2.45) is 0 Å². The summed E-state index contributed by atoms with van der Waals surface area (Å²) in [5, 5.41) is 9.43. The van der Waals surface area contributed by atoms with Crippen LogP contribution in [0.15, 0.2) is 194 Å². The average Bonchev–Trinajstić information content (AvgIpc) is 3.64. The van der Waals surface area contributed by atoms with E-state index in [-0.39, 0.29) is 0 Å². The summed E-state index contributed by atoms with van der Waals surface area (Å²) >= 11 is 0. The minimum absolute atomic E-state index is 0.494. The Bertz CT molecular complexity index is 2280. The Kier molecular flexibility index (Phi) is 6.98. The molecule has 0 saturated heterocycles. The van der Waals surface area contributed by atoms with E-state index in [9.17, 15) is 0 Å². The summed E-state index contributed by atoms with van der Waals surface area (Å²) in [7, 11) is 0. The zero-order valence-corrected chi connectivity index (χ0v) is 26.8. The average molecular weight is 629 g/mol. The molecule has 0 spiro atoms. The maximum absolute atomic E-state index is 4.74. The molecule has 0 amide bonds. The van der Waals surface area contributed by atoms with Gasteiger partial charge in [0.2, 0.25) is 0 Å². The van der Waals surface area contributed by atoms with Gasteiger partial charge >= 0.3 is 0 Å². The lowest BCUT2D eigenvalue weighted by Crippen LogP contribution is -2.37. The molecule has 0 saturated carbocycles. The second kappa shape index (κ2) is 11.9. The first-order valence-corrected chi connectivity index (χ1v) is 16.6. The molecular formula is C45H32N4. The highest BCUT2D eigenvalue weighted by atomic mass is 15.3. The molecule has 7 aromatic carbocycles. The largest absolute Gasteiger partial charge is 0.310 e. The van der Waals surface area contributed by atoms with Crippen LogP contribution in [0.1, 0.15) is 22.3 Å². The van der Waals surface area contributed by atoms with E-state index in [4.69, 9.17) is 5.10 Å². The van der Waals surface area contributed by atoms with Crippen molar-refractivity contribution in [3.63, 3.8) is 0 Å². The van der Waals surface area contributed by atoms with E-state index in [1.807, 2.05) is 36.4 Å². The zero-order valence-electron chi connectivity index (χ0n) is 26.8. The van der Waals surface area contributed by atoms with Gasteiger partial charge in [0, 0.05) is 22.5 Å². The van der Waals surface area contributed by atoms with E-state index < -0.39 is 5.41 Å². The lowest BCUT2D eigenvalue weighted by atomic mass is 9.62. The maximum atomic E-state index is 4.74. The molecule has 232 valence electrons. The highest BCUT2D eigenvalue weighted by molar-refractivity contribution is 5.89. The fourth-order valence-electron chi connectivity index (χ4n) is 7.52. The standard InChI is InChI=1S/C45H32N4/c1-5-17-33(18-6-1)43-46-47-44(49(43)37-23-11-4-12-24-37)34-29-31-38(32-30-34)48-41-27-15-13-25-39(41)45(35-19-7-2-8-20-35,36-21-9-3-10-22-36)40-26-14-16-28-42(40)48/h1-32H. The third kappa shape index (κ3) is 4.61. The lowest BCUT2D eigenvalue weighted by Gasteiger charge is -2.46. The summed E-state index contributed by atoms with van der Waals surface area (Å²) in [5.41, 5.74) is 10.9. The molecule has 1 aliphatic rings. The molecule has 1 aromatic heterocycles. The van der Waals surface area contributed by atoms with Crippen LogP contribution in [0.25, 0.3) is 28.5 Å². The molecule has 9 rings (SSSR count). The van der Waals surface area contributed by atoms with Crippen molar-refractivity contribution in [2.75, 3.05) is 4.90 Å². The van der Waals surface area contributed by atoms with Crippen LogP contribution >= 0.6 is 0 Å². The van der Waals surface area contributed by atoms with Crippen LogP contribution in [-0.4, -0.2) is 14.8 Å². The van der Waals surface area contributed by atoms with Crippen molar-refractivity contribution >= 4 is 17.1 Å². The van der Waals surface area contributed by atoms with Crippen LogP contribution in [0.4, 0.5) is 17.1 Å². The summed E-state index contributed by atoms with van der Waals surface area (Å²) in [6, 6.07) is 68.8. The molecule has 4 nitrogen and oxygen atoms in total. The molecule has 1 aliphatic heterocycles. The first-order valence-electron chi connectivity index (χ1n) is 16.6. The van der Waals surface area contributed by atoms with Crippen LogP contribution in [0.5, 0.6) is 0 Å². The lowest BCUT2D eigenvalue weighted by molar-refractivity contribution is 0.731. The fraction of sp³-hybridized carbons (Fsp3) is 0.0222. The summed E-state index contributed by atoms with van der Waals surface area (Å²) in [4.78, 5) is 2.40. The number of anilines is 3. The predicted molar refractivity (Wildman–Crippen MR) is 199 cm³/mol. The number of nitrogens with zero attached hydrogens (tertiary/aromatic N) is 4. The van der Waals surface area contributed by atoms with Gasteiger partial charge in [0.05, 0.1) is 16.8 Å². The van der Waals surface area contributed by atoms with Crippen LogP contribution < -0.4 is 4.90 Å². The van der Waals surface area contributed by atoms with E-state index in [0.717, 1.165) is 45.5 Å². The number of para-hydroxylation sites is 3. The SMILES string of the molecule is c1ccc(-c2nnc(-c3ccc(N4c5ccccc5C(c5ccccc5)(c5ccccc5)c5ccccc54)cc3)n2-c2ccccc2)cc1. The van der Waals surface area contributed by atoms with Gasteiger partial charge in [0.25, 0.3) is 0 Å². The predicted octanol–water partition coefficient (Wildman–Crippen LogP) is 10.8. The van der Waals surface area contributed by atoms with Crippen LogP contribution in [0, 0.1) is 0 Å². The second-order valence-electron chi connectivity index (χ2n) is 12.3. The summed E-state index contributed by atoms with van der Waals surface area (Å²) in [6.07, 6.45) is 0. The van der Waals surface area contributed by atoms with Gasteiger partial charge in [0.1, 0.15) is 0 Å². The highest BCUT2D eigenvalue weighted by Crippen LogP contribution is 2.57.